The van der Waals surface area contributed by atoms with E-state index in [1.165, 1.54) is 0 Å². The van der Waals surface area contributed by atoms with E-state index in [0.29, 0.717) is 6.54 Å². The van der Waals surface area contributed by atoms with Crippen LogP contribution in [-0.4, -0.2) is 48.7 Å². The van der Waals surface area contributed by atoms with Crippen molar-refractivity contribution < 1.29 is 9.90 Å². The van der Waals surface area contributed by atoms with Gasteiger partial charge in [0.25, 0.3) is 0 Å². The molecule has 0 spiro atoms. The molecule has 0 saturated carbocycles. The van der Waals surface area contributed by atoms with Crippen LogP contribution >= 0.6 is 0 Å². The Morgan fingerprint density at radius 2 is 2.00 bits per heavy atom. The summed E-state index contributed by atoms with van der Waals surface area (Å²) in [6, 6.07) is 0. The molecule has 0 aromatic heterocycles. The molecule has 106 valence electrons. The monoisotopic (exact) mass is 256 g/mol. The lowest BCUT2D eigenvalue weighted by atomic mass is 9.77. The molecular weight excluding hydrogens is 228 g/mol. The van der Waals surface area contributed by atoms with E-state index in [9.17, 15) is 9.90 Å². The Balaban J connectivity index is 2.24. The number of nitrogens with one attached hydrogen (secondary N) is 1. The van der Waals surface area contributed by atoms with Gasteiger partial charge in [0.2, 0.25) is 5.91 Å². The fourth-order valence-electron chi connectivity index (χ4n) is 2.47. The number of carbonyl (C=O) groups is 1. The third-order valence-corrected chi connectivity index (χ3v) is 4.22. The smallest absolute Gasteiger partial charge is 0.234 e. The lowest BCUT2D eigenvalue weighted by Crippen LogP contribution is -2.45. The molecule has 0 unspecified atom stereocenters. The van der Waals surface area contributed by atoms with Gasteiger partial charge in [0, 0.05) is 13.2 Å². The minimum atomic E-state index is 0.106. The number of carbonyl (C=O) groups excluding carboxylic acids is 1. The molecule has 0 aliphatic carbocycles. The Hall–Kier alpha value is -0.610. The Labute approximate surface area is 111 Å². The molecule has 0 bridgehead atoms. The summed E-state index contributed by atoms with van der Waals surface area (Å²) >= 11 is 0. The molecule has 1 amide bonds. The molecule has 4 heteroatoms. The summed E-state index contributed by atoms with van der Waals surface area (Å²) in [4.78, 5) is 13.9. The fourth-order valence-corrected chi connectivity index (χ4v) is 2.47. The van der Waals surface area contributed by atoms with Crippen molar-refractivity contribution in [3.8, 4) is 0 Å². The van der Waals surface area contributed by atoms with Gasteiger partial charge in [0.15, 0.2) is 0 Å². The fraction of sp³-hybridized carbons (Fsp3) is 0.929. The lowest BCUT2D eigenvalue weighted by Gasteiger charge is -2.39. The zero-order chi connectivity index (χ0) is 13.4. The van der Waals surface area contributed by atoms with Gasteiger partial charge in [-0.1, -0.05) is 20.3 Å². The van der Waals surface area contributed by atoms with Crippen LogP contribution in [0.15, 0.2) is 0 Å². The molecule has 0 atom stereocenters. The molecule has 1 saturated heterocycles. The topological polar surface area (TPSA) is 52.6 Å². The maximum atomic E-state index is 11.7. The highest BCUT2D eigenvalue weighted by molar-refractivity contribution is 5.77. The van der Waals surface area contributed by atoms with Crippen LogP contribution in [-0.2, 0) is 4.79 Å². The molecule has 18 heavy (non-hydrogen) atoms. The van der Waals surface area contributed by atoms with Crippen LogP contribution in [0.5, 0.6) is 0 Å². The molecular formula is C14H28N2O2. The summed E-state index contributed by atoms with van der Waals surface area (Å²) < 4.78 is 0. The largest absolute Gasteiger partial charge is 0.396 e. The number of aliphatic hydroxyl groups is 1. The number of likely N-dealkylation sites (tertiary alicyclic amines) is 1. The van der Waals surface area contributed by atoms with Crippen molar-refractivity contribution in [3.05, 3.63) is 0 Å². The molecule has 0 aromatic carbocycles. The Morgan fingerprint density at radius 1 is 1.33 bits per heavy atom. The van der Waals surface area contributed by atoms with E-state index < -0.39 is 0 Å². The van der Waals surface area contributed by atoms with Crippen LogP contribution in [0.1, 0.15) is 46.0 Å². The lowest BCUT2D eigenvalue weighted by molar-refractivity contribution is -0.123. The van der Waals surface area contributed by atoms with Gasteiger partial charge in [-0.25, -0.2) is 0 Å². The van der Waals surface area contributed by atoms with Crippen molar-refractivity contribution >= 4 is 5.91 Å². The van der Waals surface area contributed by atoms with Gasteiger partial charge >= 0.3 is 0 Å². The maximum Gasteiger partial charge on any atom is 0.234 e. The van der Waals surface area contributed by atoms with Crippen LogP contribution in [0.25, 0.3) is 0 Å². The van der Waals surface area contributed by atoms with Gasteiger partial charge in [-0.05, 0) is 44.2 Å². The third kappa shape index (κ3) is 4.58. The molecule has 1 heterocycles. The Bertz CT molecular complexity index is 242. The number of amides is 1. The first-order valence-corrected chi connectivity index (χ1v) is 7.25. The first-order valence-electron chi connectivity index (χ1n) is 7.25. The minimum Gasteiger partial charge on any atom is -0.396 e. The zero-order valence-corrected chi connectivity index (χ0v) is 11.9. The van der Waals surface area contributed by atoms with Crippen LogP contribution in [0.3, 0.4) is 0 Å². The van der Waals surface area contributed by atoms with Crippen molar-refractivity contribution in [2.75, 3.05) is 32.8 Å². The molecule has 1 fully saturated rings. The van der Waals surface area contributed by atoms with Crippen molar-refractivity contribution in [2.45, 2.75) is 46.0 Å². The molecule has 0 radical (unpaired) electrons. The summed E-state index contributed by atoms with van der Waals surface area (Å²) in [5.74, 6) is 0.136. The standard InChI is InChI=1S/C14H28N2O2/c1-3-5-8-15-13(18)11-16-9-6-14(4-2,12-17)7-10-16/h17H,3-12H2,1-2H3,(H,15,18). The highest BCUT2D eigenvalue weighted by atomic mass is 16.3. The van der Waals surface area contributed by atoms with Crippen molar-refractivity contribution in [2.24, 2.45) is 5.41 Å². The number of rotatable bonds is 7. The molecule has 1 rings (SSSR count). The van der Waals surface area contributed by atoms with E-state index in [-0.39, 0.29) is 17.9 Å². The third-order valence-electron chi connectivity index (χ3n) is 4.22. The van der Waals surface area contributed by atoms with Crippen molar-refractivity contribution in [1.82, 2.24) is 10.2 Å². The number of piperidine rings is 1. The van der Waals surface area contributed by atoms with E-state index in [1.54, 1.807) is 0 Å². The molecule has 1 aliphatic heterocycles. The van der Waals surface area contributed by atoms with E-state index in [0.717, 1.165) is 51.7 Å². The summed E-state index contributed by atoms with van der Waals surface area (Å²) in [5, 5.41) is 12.4. The summed E-state index contributed by atoms with van der Waals surface area (Å²) in [7, 11) is 0. The van der Waals surface area contributed by atoms with Crippen LogP contribution < -0.4 is 5.32 Å². The Kier molecular flexibility index (Phi) is 6.65. The molecule has 1 aliphatic rings. The van der Waals surface area contributed by atoms with Crippen LogP contribution in [0, 0.1) is 5.41 Å². The number of unbranched alkanes of at least 4 members (excludes halogenated alkanes) is 1. The second kappa shape index (κ2) is 7.74. The summed E-state index contributed by atoms with van der Waals surface area (Å²) in [6.07, 6.45) is 5.19. The second-order valence-electron chi connectivity index (χ2n) is 5.49. The Morgan fingerprint density at radius 3 is 2.50 bits per heavy atom. The summed E-state index contributed by atoms with van der Waals surface area (Å²) in [6.45, 7) is 7.69. The van der Waals surface area contributed by atoms with Crippen LogP contribution in [0.2, 0.25) is 0 Å². The predicted molar refractivity (Wildman–Crippen MR) is 73.4 cm³/mol. The number of hydrogen-bond donors (Lipinski definition) is 2. The highest BCUT2D eigenvalue weighted by Crippen LogP contribution is 2.33. The molecule has 0 aromatic rings. The second-order valence-corrected chi connectivity index (χ2v) is 5.49. The predicted octanol–water partition coefficient (Wildman–Crippen LogP) is 1.39. The van der Waals surface area contributed by atoms with E-state index >= 15 is 0 Å². The minimum absolute atomic E-state index is 0.106. The summed E-state index contributed by atoms with van der Waals surface area (Å²) in [5.41, 5.74) is 0.106. The van der Waals surface area contributed by atoms with Gasteiger partial charge in [-0.2, -0.15) is 0 Å². The SMILES string of the molecule is CCCCNC(=O)CN1CCC(CC)(CO)CC1. The number of hydrogen-bond acceptors (Lipinski definition) is 3. The average Bonchev–Trinajstić information content (AvgIpc) is 2.40. The van der Waals surface area contributed by atoms with E-state index in [2.05, 4.69) is 24.1 Å². The normalized spacial score (nSPS) is 19.7. The number of nitrogens with zero attached hydrogens (tertiary/aromatic N) is 1. The highest BCUT2D eigenvalue weighted by Gasteiger charge is 2.32. The van der Waals surface area contributed by atoms with Gasteiger partial charge in [-0.15, -0.1) is 0 Å². The van der Waals surface area contributed by atoms with Gasteiger partial charge in [0.1, 0.15) is 0 Å². The van der Waals surface area contributed by atoms with Gasteiger partial charge in [0.05, 0.1) is 6.54 Å². The van der Waals surface area contributed by atoms with Crippen molar-refractivity contribution in [1.29, 1.82) is 0 Å². The van der Waals surface area contributed by atoms with Crippen LogP contribution in [0.4, 0.5) is 0 Å². The first-order chi connectivity index (χ1) is 8.65. The molecule has 2 N–H and O–H groups in total. The molecule has 4 nitrogen and oxygen atoms in total. The van der Waals surface area contributed by atoms with Gasteiger partial charge in [-0.3, -0.25) is 9.69 Å². The van der Waals surface area contributed by atoms with E-state index in [1.807, 2.05) is 0 Å². The quantitative estimate of drug-likeness (QED) is 0.677. The zero-order valence-electron chi connectivity index (χ0n) is 11.9. The average molecular weight is 256 g/mol. The van der Waals surface area contributed by atoms with E-state index in [4.69, 9.17) is 0 Å². The van der Waals surface area contributed by atoms with Crippen molar-refractivity contribution in [3.63, 3.8) is 0 Å². The number of aliphatic hydroxyl groups excluding tert-OH is 1. The maximum absolute atomic E-state index is 11.7. The van der Waals surface area contributed by atoms with Gasteiger partial charge < -0.3 is 10.4 Å². The first kappa shape index (κ1) is 15.4.